The molecule has 0 aromatic heterocycles. The first-order valence-corrected chi connectivity index (χ1v) is 10.2. The summed E-state index contributed by atoms with van der Waals surface area (Å²) < 4.78 is 5.43. The van der Waals surface area contributed by atoms with Crippen LogP contribution in [0.2, 0.25) is 0 Å². The fourth-order valence-electron chi connectivity index (χ4n) is 3.19. The minimum atomic E-state index is 0. The van der Waals surface area contributed by atoms with Gasteiger partial charge in [-0.2, -0.15) is 0 Å². The van der Waals surface area contributed by atoms with Crippen LogP contribution < -0.4 is 10.6 Å². The van der Waals surface area contributed by atoms with Crippen LogP contribution in [-0.4, -0.2) is 50.3 Å². The highest BCUT2D eigenvalue weighted by Gasteiger charge is 2.14. The van der Waals surface area contributed by atoms with Crippen LogP contribution in [0.5, 0.6) is 0 Å². The van der Waals surface area contributed by atoms with Gasteiger partial charge in [0, 0.05) is 39.3 Å². The first kappa shape index (κ1) is 25.2. The summed E-state index contributed by atoms with van der Waals surface area (Å²) in [4.78, 5) is 6.83. The van der Waals surface area contributed by atoms with E-state index in [9.17, 15) is 0 Å². The van der Waals surface area contributed by atoms with Gasteiger partial charge in [0.05, 0.1) is 13.2 Å². The topological polar surface area (TPSA) is 48.9 Å². The Bertz CT molecular complexity index is 594. The molecule has 5 nitrogen and oxygen atoms in total. The lowest BCUT2D eigenvalue weighted by atomic mass is 9.89. The molecule has 1 aliphatic rings. The van der Waals surface area contributed by atoms with Crippen LogP contribution in [-0.2, 0) is 17.8 Å². The van der Waals surface area contributed by atoms with E-state index in [-0.39, 0.29) is 24.0 Å². The molecular weight excluding hydrogens is 463 g/mol. The molecule has 2 N–H and O–H groups in total. The molecule has 0 bridgehead atoms. The van der Waals surface area contributed by atoms with Crippen LogP contribution >= 0.6 is 24.0 Å². The number of hydrogen-bond acceptors (Lipinski definition) is 3. The van der Waals surface area contributed by atoms with Gasteiger partial charge in [-0.3, -0.25) is 9.89 Å². The summed E-state index contributed by atoms with van der Waals surface area (Å²) in [7, 11) is 1.83. The highest BCUT2D eigenvalue weighted by Crippen LogP contribution is 2.21. The van der Waals surface area contributed by atoms with Crippen molar-refractivity contribution >= 4 is 29.9 Å². The predicted octanol–water partition coefficient (Wildman–Crippen LogP) is 4.02. The summed E-state index contributed by atoms with van der Waals surface area (Å²) in [6.07, 6.45) is 2.33. The molecule has 28 heavy (non-hydrogen) atoms. The van der Waals surface area contributed by atoms with E-state index in [1.165, 1.54) is 17.5 Å². The summed E-state index contributed by atoms with van der Waals surface area (Å²) in [5.74, 6) is 0.870. The number of guanidine groups is 1. The van der Waals surface area contributed by atoms with Crippen molar-refractivity contribution in [3.8, 4) is 0 Å². The zero-order valence-corrected chi connectivity index (χ0v) is 20.6. The number of rotatable bonds is 7. The first-order chi connectivity index (χ1) is 12.9. The normalized spacial score (nSPS) is 17.0. The van der Waals surface area contributed by atoms with Crippen LogP contribution in [0.1, 0.15) is 51.7 Å². The second-order valence-electron chi connectivity index (χ2n) is 8.78. The van der Waals surface area contributed by atoms with Gasteiger partial charge in [0.25, 0.3) is 0 Å². The minimum Gasteiger partial charge on any atom is -0.379 e. The van der Waals surface area contributed by atoms with Gasteiger partial charge >= 0.3 is 0 Å². The summed E-state index contributed by atoms with van der Waals surface area (Å²) in [6, 6.07) is 9.23. The van der Waals surface area contributed by atoms with E-state index >= 15 is 0 Å². The monoisotopic (exact) mass is 502 g/mol. The van der Waals surface area contributed by atoms with Crippen molar-refractivity contribution < 1.29 is 4.74 Å². The van der Waals surface area contributed by atoms with Crippen molar-refractivity contribution in [2.24, 2.45) is 10.4 Å². The Balaban J connectivity index is 0.00000392. The van der Waals surface area contributed by atoms with Gasteiger partial charge in [-0.15, -0.1) is 24.0 Å². The lowest BCUT2D eigenvalue weighted by Crippen LogP contribution is -2.42. The number of aliphatic imine (C=N–C) groups is 1. The van der Waals surface area contributed by atoms with Crippen molar-refractivity contribution in [3.05, 3.63) is 35.4 Å². The van der Waals surface area contributed by atoms with E-state index in [1.54, 1.807) is 0 Å². The second kappa shape index (κ2) is 12.6. The molecule has 160 valence electrons. The molecule has 1 unspecified atom stereocenters. The molecule has 1 saturated heterocycles. The highest BCUT2D eigenvalue weighted by molar-refractivity contribution is 14.0. The third-order valence-electron chi connectivity index (χ3n) is 4.90. The van der Waals surface area contributed by atoms with Crippen LogP contribution in [0.3, 0.4) is 0 Å². The minimum absolute atomic E-state index is 0. The van der Waals surface area contributed by atoms with Gasteiger partial charge in [0.15, 0.2) is 5.96 Å². The molecule has 0 radical (unpaired) electrons. The number of ether oxygens (including phenoxy) is 1. The zero-order chi connectivity index (χ0) is 19.7. The van der Waals surface area contributed by atoms with E-state index in [1.807, 2.05) is 7.05 Å². The molecule has 1 aliphatic heterocycles. The first-order valence-electron chi connectivity index (χ1n) is 10.2. The van der Waals surface area contributed by atoms with E-state index < -0.39 is 0 Å². The number of nitrogens with one attached hydrogen (secondary N) is 2. The van der Waals surface area contributed by atoms with Crippen molar-refractivity contribution in [2.45, 2.75) is 59.7 Å². The average Bonchev–Trinajstić information content (AvgIpc) is 2.64. The van der Waals surface area contributed by atoms with Crippen LogP contribution in [0.25, 0.3) is 0 Å². The Morgan fingerprint density at radius 1 is 1.21 bits per heavy atom. The summed E-state index contributed by atoms with van der Waals surface area (Å²) in [5.41, 5.74) is 3.01. The molecule has 0 saturated carbocycles. The zero-order valence-electron chi connectivity index (χ0n) is 18.3. The summed E-state index contributed by atoms with van der Waals surface area (Å²) in [6.45, 7) is 14.6. The van der Waals surface area contributed by atoms with E-state index in [0.717, 1.165) is 51.8 Å². The van der Waals surface area contributed by atoms with Crippen molar-refractivity contribution in [3.63, 3.8) is 0 Å². The fourth-order valence-corrected chi connectivity index (χ4v) is 3.19. The fraction of sp³-hybridized carbons (Fsp3) is 0.682. The van der Waals surface area contributed by atoms with Crippen LogP contribution in [0, 0.1) is 5.41 Å². The molecule has 1 fully saturated rings. The van der Waals surface area contributed by atoms with E-state index in [4.69, 9.17) is 4.74 Å². The molecule has 0 spiro atoms. The second-order valence-corrected chi connectivity index (χ2v) is 8.78. The summed E-state index contributed by atoms with van der Waals surface area (Å²) in [5, 5.41) is 6.96. The Morgan fingerprint density at radius 2 is 1.89 bits per heavy atom. The lowest BCUT2D eigenvalue weighted by Gasteiger charge is -2.26. The van der Waals surface area contributed by atoms with Crippen molar-refractivity contribution in [1.82, 2.24) is 15.5 Å². The number of benzene rings is 1. The third kappa shape index (κ3) is 10.1. The van der Waals surface area contributed by atoms with E-state index in [0.29, 0.717) is 11.5 Å². The number of morpholine rings is 1. The quantitative estimate of drug-likeness (QED) is 0.336. The molecule has 0 aliphatic carbocycles. The molecule has 0 amide bonds. The smallest absolute Gasteiger partial charge is 0.191 e. The van der Waals surface area contributed by atoms with Gasteiger partial charge in [0.2, 0.25) is 0 Å². The van der Waals surface area contributed by atoms with E-state index in [2.05, 4.69) is 72.5 Å². The molecule has 1 aromatic rings. The highest BCUT2D eigenvalue weighted by atomic mass is 127. The number of nitrogens with zero attached hydrogens (tertiary/aromatic N) is 2. The van der Waals surface area contributed by atoms with Crippen LogP contribution in [0.15, 0.2) is 29.3 Å². The van der Waals surface area contributed by atoms with Gasteiger partial charge in [-0.25, -0.2) is 0 Å². The van der Waals surface area contributed by atoms with Gasteiger partial charge in [-0.1, -0.05) is 45.0 Å². The van der Waals surface area contributed by atoms with Gasteiger partial charge < -0.3 is 15.4 Å². The maximum Gasteiger partial charge on any atom is 0.191 e. The average molecular weight is 502 g/mol. The summed E-state index contributed by atoms with van der Waals surface area (Å²) >= 11 is 0. The SMILES string of the molecule is CN=C(NCc1cccc(CN2CCOCC2)c1)NC(C)CCC(C)(C)C.I. The molecule has 1 heterocycles. The number of halogens is 1. The standard InChI is InChI=1S/C22H38N4O.HI/c1-18(9-10-22(2,3)4)25-21(23-5)24-16-19-7-6-8-20(15-19)17-26-11-13-27-14-12-26;/h6-8,15,18H,9-14,16-17H2,1-5H3,(H2,23,24,25);1H. The Morgan fingerprint density at radius 3 is 2.54 bits per heavy atom. The molecule has 1 atom stereocenters. The Hall–Kier alpha value is -0.860. The largest absolute Gasteiger partial charge is 0.379 e. The predicted molar refractivity (Wildman–Crippen MR) is 129 cm³/mol. The maximum atomic E-state index is 5.43. The maximum absolute atomic E-state index is 5.43. The molecule has 2 rings (SSSR count). The van der Waals surface area contributed by atoms with Crippen LogP contribution in [0.4, 0.5) is 0 Å². The number of hydrogen-bond donors (Lipinski definition) is 2. The Labute approximate surface area is 188 Å². The third-order valence-corrected chi connectivity index (χ3v) is 4.90. The molecule has 6 heteroatoms. The van der Waals surface area contributed by atoms with Gasteiger partial charge in [0.1, 0.15) is 0 Å². The van der Waals surface area contributed by atoms with Crippen molar-refractivity contribution in [2.75, 3.05) is 33.4 Å². The molecular formula is C22H39IN4O. The lowest BCUT2D eigenvalue weighted by molar-refractivity contribution is 0.0342. The Kier molecular flexibility index (Phi) is 11.4. The van der Waals surface area contributed by atoms with Crippen molar-refractivity contribution in [1.29, 1.82) is 0 Å². The molecule has 1 aromatic carbocycles. The van der Waals surface area contributed by atoms with Gasteiger partial charge in [-0.05, 0) is 36.3 Å².